The molecule has 7 heteroatoms. The predicted molar refractivity (Wildman–Crippen MR) is 144 cm³/mol. The van der Waals surface area contributed by atoms with E-state index in [1.54, 1.807) is 18.0 Å². The lowest BCUT2D eigenvalue weighted by Crippen LogP contribution is -2.15. The monoisotopic (exact) mass is 500 g/mol. The van der Waals surface area contributed by atoms with Gasteiger partial charge in [0.2, 0.25) is 5.88 Å². The normalized spacial score (nSPS) is 14.1. The summed E-state index contributed by atoms with van der Waals surface area (Å²) in [6.45, 7) is 2.27. The van der Waals surface area contributed by atoms with Crippen LogP contribution in [0.25, 0.3) is 16.4 Å². The van der Waals surface area contributed by atoms with Crippen LogP contribution in [0.2, 0.25) is 0 Å². The number of methoxy groups -OCH3 is 1. The lowest BCUT2D eigenvalue weighted by atomic mass is 9.83. The highest BCUT2D eigenvalue weighted by atomic mass is 16.5. The Balaban J connectivity index is 1.38. The fraction of sp³-hybridized carbons (Fsp3) is 0.129. The Morgan fingerprint density at radius 1 is 0.921 bits per heavy atom. The Hall–Kier alpha value is -4.91. The molecule has 6 aromatic rings. The molecule has 186 valence electrons. The average Bonchev–Trinajstić information content (AvgIpc) is 3.39. The number of para-hydroxylation sites is 1. The zero-order valence-electron chi connectivity index (χ0n) is 21.0. The summed E-state index contributed by atoms with van der Waals surface area (Å²) in [5.74, 6) is 3.37. The van der Waals surface area contributed by atoms with Gasteiger partial charge in [0, 0.05) is 16.9 Å². The van der Waals surface area contributed by atoms with Gasteiger partial charge in [-0.15, -0.1) is 5.10 Å². The Labute approximate surface area is 219 Å². The number of hydrogen-bond acceptors (Lipinski definition) is 6. The molecule has 0 amide bonds. The van der Waals surface area contributed by atoms with E-state index < -0.39 is 0 Å². The van der Waals surface area contributed by atoms with Crippen molar-refractivity contribution in [1.29, 1.82) is 0 Å². The SMILES string of the molecule is COc1ccc([C@H]2c3ccc4ccccc4c3Oc3ncn4nc(COc5ccccc5C)nc4c32)cc1. The van der Waals surface area contributed by atoms with E-state index >= 15 is 0 Å². The van der Waals surface area contributed by atoms with Crippen LogP contribution in [0.3, 0.4) is 0 Å². The zero-order chi connectivity index (χ0) is 25.6. The van der Waals surface area contributed by atoms with Gasteiger partial charge in [-0.3, -0.25) is 0 Å². The topological polar surface area (TPSA) is 70.8 Å². The van der Waals surface area contributed by atoms with Gasteiger partial charge < -0.3 is 14.2 Å². The molecule has 0 unspecified atom stereocenters. The molecule has 7 nitrogen and oxygen atoms in total. The Bertz CT molecular complexity index is 1810. The van der Waals surface area contributed by atoms with Gasteiger partial charge in [-0.05, 0) is 41.6 Å². The van der Waals surface area contributed by atoms with E-state index in [1.807, 2.05) is 55.5 Å². The number of fused-ring (bicyclic) bond motifs is 6. The van der Waals surface area contributed by atoms with Crippen molar-refractivity contribution in [3.8, 4) is 23.1 Å². The third-order valence-corrected chi connectivity index (χ3v) is 7.04. The first-order valence-electron chi connectivity index (χ1n) is 12.5. The summed E-state index contributed by atoms with van der Waals surface area (Å²) in [5.41, 5.74) is 4.76. The molecule has 3 heterocycles. The molecular weight excluding hydrogens is 476 g/mol. The second-order valence-electron chi connectivity index (χ2n) is 9.33. The number of hydrogen-bond donors (Lipinski definition) is 0. The van der Waals surface area contributed by atoms with Crippen molar-refractivity contribution in [2.24, 2.45) is 0 Å². The molecule has 2 aromatic heterocycles. The lowest BCUT2D eigenvalue weighted by molar-refractivity contribution is 0.294. The fourth-order valence-corrected chi connectivity index (χ4v) is 5.16. The van der Waals surface area contributed by atoms with Crippen LogP contribution < -0.4 is 14.2 Å². The van der Waals surface area contributed by atoms with Crippen molar-refractivity contribution >= 4 is 16.4 Å². The van der Waals surface area contributed by atoms with Gasteiger partial charge in [0.05, 0.1) is 12.7 Å². The van der Waals surface area contributed by atoms with Crippen LogP contribution in [0.4, 0.5) is 0 Å². The number of ether oxygens (including phenoxy) is 3. The van der Waals surface area contributed by atoms with E-state index in [0.29, 0.717) is 17.4 Å². The maximum absolute atomic E-state index is 6.50. The molecule has 0 aliphatic carbocycles. The number of aromatic nitrogens is 4. The smallest absolute Gasteiger partial charge is 0.228 e. The van der Waals surface area contributed by atoms with Gasteiger partial charge in [-0.1, -0.05) is 66.7 Å². The molecule has 0 radical (unpaired) electrons. The van der Waals surface area contributed by atoms with E-state index in [4.69, 9.17) is 19.2 Å². The molecule has 0 saturated carbocycles. The van der Waals surface area contributed by atoms with Crippen molar-refractivity contribution < 1.29 is 14.2 Å². The van der Waals surface area contributed by atoms with Crippen LogP contribution >= 0.6 is 0 Å². The van der Waals surface area contributed by atoms with Crippen molar-refractivity contribution in [3.05, 3.63) is 119 Å². The molecule has 0 spiro atoms. The molecule has 0 saturated heterocycles. The van der Waals surface area contributed by atoms with E-state index in [2.05, 4.69) is 46.5 Å². The van der Waals surface area contributed by atoms with Crippen LogP contribution in [0.15, 0.2) is 91.3 Å². The Morgan fingerprint density at radius 2 is 1.74 bits per heavy atom. The third kappa shape index (κ3) is 3.63. The second kappa shape index (κ2) is 8.88. The van der Waals surface area contributed by atoms with Crippen LogP contribution in [0.5, 0.6) is 23.1 Å². The molecule has 7 rings (SSSR count). The van der Waals surface area contributed by atoms with Gasteiger partial charge in [0.25, 0.3) is 0 Å². The predicted octanol–water partition coefficient (Wildman–Crippen LogP) is 6.46. The maximum atomic E-state index is 6.50. The number of rotatable bonds is 5. The third-order valence-electron chi connectivity index (χ3n) is 7.04. The summed E-state index contributed by atoms with van der Waals surface area (Å²) in [4.78, 5) is 9.58. The van der Waals surface area contributed by atoms with Gasteiger partial charge in [-0.2, -0.15) is 0 Å². The molecule has 38 heavy (non-hydrogen) atoms. The van der Waals surface area contributed by atoms with Crippen LogP contribution in [0.1, 0.15) is 34.0 Å². The first-order chi connectivity index (χ1) is 18.7. The van der Waals surface area contributed by atoms with E-state index in [0.717, 1.165) is 50.3 Å². The van der Waals surface area contributed by atoms with E-state index in [-0.39, 0.29) is 12.5 Å². The number of benzene rings is 4. The second-order valence-corrected chi connectivity index (χ2v) is 9.33. The molecule has 4 aromatic carbocycles. The van der Waals surface area contributed by atoms with Crippen molar-refractivity contribution in [2.45, 2.75) is 19.4 Å². The molecule has 0 bridgehead atoms. The average molecular weight is 501 g/mol. The van der Waals surface area contributed by atoms with Gasteiger partial charge in [0.15, 0.2) is 11.5 Å². The summed E-state index contributed by atoms with van der Waals surface area (Å²) in [6.07, 6.45) is 1.65. The van der Waals surface area contributed by atoms with Crippen molar-refractivity contribution in [1.82, 2.24) is 19.6 Å². The van der Waals surface area contributed by atoms with E-state index in [1.165, 1.54) is 0 Å². The molecule has 1 atom stereocenters. The fourth-order valence-electron chi connectivity index (χ4n) is 5.16. The van der Waals surface area contributed by atoms with Gasteiger partial charge in [0.1, 0.15) is 30.2 Å². The summed E-state index contributed by atoms with van der Waals surface area (Å²) >= 11 is 0. The lowest BCUT2D eigenvalue weighted by Gasteiger charge is -2.28. The molecule has 0 N–H and O–H groups in total. The van der Waals surface area contributed by atoms with E-state index in [9.17, 15) is 0 Å². The van der Waals surface area contributed by atoms with Crippen molar-refractivity contribution in [2.75, 3.05) is 7.11 Å². The number of nitrogens with zero attached hydrogens (tertiary/aromatic N) is 4. The first-order valence-corrected chi connectivity index (χ1v) is 12.5. The highest BCUT2D eigenvalue weighted by Gasteiger charge is 2.34. The maximum Gasteiger partial charge on any atom is 0.228 e. The summed E-state index contributed by atoms with van der Waals surface area (Å²) in [6, 6.07) is 28.5. The minimum Gasteiger partial charge on any atom is -0.497 e. The van der Waals surface area contributed by atoms with Crippen LogP contribution in [-0.2, 0) is 6.61 Å². The highest BCUT2D eigenvalue weighted by Crippen LogP contribution is 2.50. The quantitative estimate of drug-likeness (QED) is 0.270. The zero-order valence-corrected chi connectivity index (χ0v) is 21.0. The number of aryl methyl sites for hydroxylation is 1. The summed E-state index contributed by atoms with van der Waals surface area (Å²) in [5, 5.41) is 6.83. The summed E-state index contributed by atoms with van der Waals surface area (Å²) in [7, 11) is 1.67. The molecule has 1 aliphatic rings. The Kier molecular flexibility index (Phi) is 5.21. The van der Waals surface area contributed by atoms with Crippen LogP contribution in [0, 0.1) is 6.92 Å². The largest absolute Gasteiger partial charge is 0.497 e. The molecule has 1 aliphatic heterocycles. The van der Waals surface area contributed by atoms with Crippen molar-refractivity contribution in [3.63, 3.8) is 0 Å². The van der Waals surface area contributed by atoms with Crippen LogP contribution in [-0.4, -0.2) is 26.7 Å². The Morgan fingerprint density at radius 3 is 2.58 bits per heavy atom. The molecule has 0 fully saturated rings. The minimum absolute atomic E-state index is 0.158. The summed E-state index contributed by atoms with van der Waals surface area (Å²) < 4.78 is 19.7. The van der Waals surface area contributed by atoms with Gasteiger partial charge >= 0.3 is 0 Å². The van der Waals surface area contributed by atoms with Gasteiger partial charge in [-0.25, -0.2) is 14.5 Å². The first kappa shape index (κ1) is 22.3. The minimum atomic E-state index is -0.158. The highest BCUT2D eigenvalue weighted by molar-refractivity contribution is 5.91. The molecular formula is C31H24N4O3. The standard InChI is InChI=1S/C31H24N4O3/c1-19-7-3-6-10-25(19)37-17-26-33-30-28-27(21-11-14-22(36-2)15-12-21)24-16-13-20-8-4-5-9-23(20)29(24)38-31(28)32-18-35(30)34-26/h3-16,18,27H,17H2,1-2H3/t27-/m0/s1.